The van der Waals surface area contributed by atoms with Crippen LogP contribution in [0.5, 0.6) is 0 Å². The highest BCUT2D eigenvalue weighted by Gasteiger charge is 1.97. The van der Waals surface area contributed by atoms with Gasteiger partial charge in [-0.1, -0.05) is 42.6 Å². The van der Waals surface area contributed by atoms with Crippen molar-refractivity contribution in [2.45, 2.75) is 19.8 Å². The molecule has 0 heterocycles. The lowest BCUT2D eigenvalue weighted by Crippen LogP contribution is -1.81. The molecule has 86 valence electrons. The van der Waals surface area contributed by atoms with Crippen molar-refractivity contribution in [3.8, 4) is 0 Å². The molecule has 1 aromatic rings. The summed E-state index contributed by atoms with van der Waals surface area (Å²) in [5, 5.41) is 8.93. The fourth-order valence-corrected chi connectivity index (χ4v) is 1.30. The van der Waals surface area contributed by atoms with Gasteiger partial charge in [-0.2, -0.15) is 0 Å². The number of aliphatic hydroxyl groups is 1. The van der Waals surface area contributed by atoms with E-state index < -0.39 is 0 Å². The van der Waals surface area contributed by atoms with Crippen molar-refractivity contribution >= 4 is 23.2 Å². The molecule has 0 aliphatic carbocycles. The number of hydrogen-bond donors (Lipinski definition) is 1. The Bertz CT molecular complexity index is 275. The molecule has 0 atom stereocenters. The number of ether oxygens (including phenoxy) is 1. The molecule has 0 fully saturated rings. The van der Waals surface area contributed by atoms with Crippen molar-refractivity contribution in [3.05, 3.63) is 33.8 Å². The fraction of sp³-hybridized carbons (Fsp3) is 0.455. The number of aliphatic hydroxyl groups excluding tert-OH is 1. The van der Waals surface area contributed by atoms with Crippen molar-refractivity contribution in [1.82, 2.24) is 0 Å². The van der Waals surface area contributed by atoms with E-state index in [0.717, 1.165) is 12.8 Å². The Kier molecular flexibility index (Phi) is 8.82. The topological polar surface area (TPSA) is 29.5 Å². The minimum atomic E-state index is -0.181. The maximum absolute atomic E-state index is 7.65. The molecule has 15 heavy (non-hydrogen) atoms. The van der Waals surface area contributed by atoms with Crippen LogP contribution in [-0.2, 0) is 11.2 Å². The third-order valence-electron chi connectivity index (χ3n) is 1.65. The molecule has 0 aliphatic rings. The maximum Gasteiger partial charge on any atom is 0.143 e. The Morgan fingerprint density at radius 3 is 2.27 bits per heavy atom. The second-order valence-electron chi connectivity index (χ2n) is 2.92. The van der Waals surface area contributed by atoms with Crippen LogP contribution in [0.2, 0.25) is 10.0 Å². The molecule has 0 bridgehead atoms. The summed E-state index contributed by atoms with van der Waals surface area (Å²) in [6.07, 6.45) is 2.20. The average Bonchev–Trinajstić information content (AvgIpc) is 2.24. The van der Waals surface area contributed by atoms with Crippen LogP contribution in [-0.4, -0.2) is 19.0 Å². The molecule has 4 heteroatoms. The molecule has 0 unspecified atom stereocenters. The van der Waals surface area contributed by atoms with Crippen LogP contribution in [0, 0.1) is 0 Å². The first-order valence-electron chi connectivity index (χ1n) is 4.69. The molecule has 2 nitrogen and oxygen atoms in total. The van der Waals surface area contributed by atoms with Gasteiger partial charge in [0, 0.05) is 7.11 Å². The highest BCUT2D eigenvalue weighted by atomic mass is 35.5. The smallest absolute Gasteiger partial charge is 0.143 e. The van der Waals surface area contributed by atoms with Gasteiger partial charge in [-0.05, 0) is 24.1 Å². The lowest BCUT2D eigenvalue weighted by atomic mass is 10.1. The average molecular weight is 251 g/mol. The van der Waals surface area contributed by atoms with E-state index in [1.807, 2.05) is 18.2 Å². The number of benzene rings is 1. The van der Waals surface area contributed by atoms with Crippen LogP contribution in [0.3, 0.4) is 0 Å². The van der Waals surface area contributed by atoms with E-state index in [1.165, 1.54) is 12.7 Å². The zero-order valence-corrected chi connectivity index (χ0v) is 10.5. The molecule has 0 saturated heterocycles. The van der Waals surface area contributed by atoms with Gasteiger partial charge >= 0.3 is 0 Å². The first-order valence-corrected chi connectivity index (χ1v) is 5.45. The minimum absolute atomic E-state index is 0.181. The van der Waals surface area contributed by atoms with Gasteiger partial charge in [-0.15, -0.1) is 0 Å². The summed E-state index contributed by atoms with van der Waals surface area (Å²) in [5.41, 5.74) is 1.25. The number of rotatable bonds is 3. The SMILES string of the molecule is CCCc1ccc(Cl)c(Cl)c1.COCO. The summed E-state index contributed by atoms with van der Waals surface area (Å²) in [5.74, 6) is 0. The number of hydrogen-bond acceptors (Lipinski definition) is 2. The van der Waals surface area contributed by atoms with Crippen LogP contribution in [0.4, 0.5) is 0 Å². The van der Waals surface area contributed by atoms with E-state index >= 15 is 0 Å². The Morgan fingerprint density at radius 1 is 1.27 bits per heavy atom. The molecular weight excluding hydrogens is 235 g/mol. The van der Waals surface area contributed by atoms with Gasteiger partial charge in [0.15, 0.2) is 0 Å². The lowest BCUT2D eigenvalue weighted by molar-refractivity contribution is 0.0325. The van der Waals surface area contributed by atoms with Crippen molar-refractivity contribution in [2.24, 2.45) is 0 Å². The zero-order chi connectivity index (χ0) is 11.7. The summed E-state index contributed by atoms with van der Waals surface area (Å²) in [6, 6.07) is 5.78. The zero-order valence-electron chi connectivity index (χ0n) is 8.96. The van der Waals surface area contributed by atoms with E-state index in [4.69, 9.17) is 28.3 Å². The van der Waals surface area contributed by atoms with Crippen LogP contribution in [0.1, 0.15) is 18.9 Å². The van der Waals surface area contributed by atoms with Crippen LogP contribution in [0.15, 0.2) is 18.2 Å². The van der Waals surface area contributed by atoms with Crippen molar-refractivity contribution < 1.29 is 9.84 Å². The van der Waals surface area contributed by atoms with Gasteiger partial charge in [0.05, 0.1) is 10.0 Å². The van der Waals surface area contributed by atoms with Crippen molar-refractivity contribution in [1.29, 1.82) is 0 Å². The van der Waals surface area contributed by atoms with Gasteiger partial charge in [-0.25, -0.2) is 0 Å². The van der Waals surface area contributed by atoms with Gasteiger partial charge in [-0.3, -0.25) is 0 Å². The molecule has 1 rings (SSSR count). The monoisotopic (exact) mass is 250 g/mol. The van der Waals surface area contributed by atoms with E-state index in [-0.39, 0.29) is 6.79 Å². The minimum Gasteiger partial charge on any atom is -0.371 e. The summed E-state index contributed by atoms with van der Waals surface area (Å²) in [4.78, 5) is 0. The summed E-state index contributed by atoms with van der Waals surface area (Å²) < 4.78 is 4.10. The van der Waals surface area contributed by atoms with E-state index in [2.05, 4.69) is 11.7 Å². The first kappa shape index (κ1) is 14.7. The van der Waals surface area contributed by atoms with E-state index in [9.17, 15) is 0 Å². The second-order valence-corrected chi connectivity index (χ2v) is 3.73. The van der Waals surface area contributed by atoms with E-state index in [1.54, 1.807) is 0 Å². The number of methoxy groups -OCH3 is 1. The number of halogens is 2. The number of aryl methyl sites for hydroxylation is 1. The Balaban J connectivity index is 0.000000423. The lowest BCUT2D eigenvalue weighted by Gasteiger charge is -1.99. The Labute approximate surface area is 101 Å². The first-order chi connectivity index (χ1) is 7.15. The van der Waals surface area contributed by atoms with Crippen molar-refractivity contribution in [3.63, 3.8) is 0 Å². The molecule has 0 amide bonds. The summed E-state index contributed by atoms with van der Waals surface area (Å²) >= 11 is 11.6. The Morgan fingerprint density at radius 2 is 1.87 bits per heavy atom. The molecular formula is C11H16Cl2O2. The predicted octanol–water partition coefficient (Wildman–Crippen LogP) is 3.53. The molecule has 1 aromatic carbocycles. The van der Waals surface area contributed by atoms with E-state index in [0.29, 0.717) is 10.0 Å². The maximum atomic E-state index is 7.65. The van der Waals surface area contributed by atoms with Gasteiger partial charge in [0.25, 0.3) is 0 Å². The van der Waals surface area contributed by atoms with Crippen molar-refractivity contribution in [2.75, 3.05) is 13.9 Å². The van der Waals surface area contributed by atoms with Gasteiger partial charge in [0.2, 0.25) is 0 Å². The molecule has 0 spiro atoms. The highest BCUT2D eigenvalue weighted by molar-refractivity contribution is 6.42. The molecule has 0 radical (unpaired) electrons. The normalized spacial score (nSPS) is 9.40. The summed E-state index contributed by atoms with van der Waals surface area (Å²) in [7, 11) is 1.43. The Hall–Kier alpha value is -0.280. The molecule has 0 aliphatic heterocycles. The molecule has 1 N–H and O–H groups in total. The van der Waals surface area contributed by atoms with Crippen LogP contribution >= 0.6 is 23.2 Å². The van der Waals surface area contributed by atoms with Gasteiger partial charge in [0.1, 0.15) is 6.79 Å². The third kappa shape index (κ3) is 6.74. The summed E-state index contributed by atoms with van der Waals surface area (Å²) in [6.45, 7) is 1.96. The molecule has 0 aromatic heterocycles. The van der Waals surface area contributed by atoms with Gasteiger partial charge < -0.3 is 9.84 Å². The largest absolute Gasteiger partial charge is 0.371 e. The van der Waals surface area contributed by atoms with Crippen LogP contribution < -0.4 is 0 Å². The fourth-order valence-electron chi connectivity index (χ4n) is 0.984. The molecule has 0 saturated carbocycles. The quantitative estimate of drug-likeness (QED) is 0.833. The standard InChI is InChI=1S/C9H10Cl2.C2H6O2/c1-2-3-7-4-5-8(10)9(11)6-7;1-4-2-3/h4-6H,2-3H2,1H3;3H,2H2,1H3. The second kappa shape index (κ2) is 8.98. The predicted molar refractivity (Wildman–Crippen MR) is 64.6 cm³/mol. The highest BCUT2D eigenvalue weighted by Crippen LogP contribution is 2.22. The third-order valence-corrected chi connectivity index (χ3v) is 2.39. The van der Waals surface area contributed by atoms with Crippen LogP contribution in [0.25, 0.3) is 0 Å².